The molecule has 0 aromatic carbocycles. The molecule has 0 unspecified atom stereocenters. The molecule has 1 amide bonds. The van der Waals surface area contributed by atoms with Crippen LogP contribution in [0.15, 0.2) is 16.9 Å². The molecule has 1 aromatic heterocycles. The highest BCUT2D eigenvalue weighted by Gasteiger charge is 2.48. The first-order chi connectivity index (χ1) is 11.0. The first-order valence-electron chi connectivity index (χ1n) is 8.21. The van der Waals surface area contributed by atoms with Crippen LogP contribution in [0.25, 0.3) is 0 Å². The highest BCUT2D eigenvalue weighted by Crippen LogP contribution is 2.43. The van der Waals surface area contributed by atoms with Crippen LogP contribution >= 0.6 is 0 Å². The topological polar surface area (TPSA) is 86.9 Å². The number of likely N-dealkylation sites (tertiary alicyclic amines) is 2. The lowest BCUT2D eigenvalue weighted by molar-refractivity contribution is -0.142. The summed E-state index contributed by atoms with van der Waals surface area (Å²) >= 11 is 0. The Hall–Kier alpha value is -1.89. The van der Waals surface area contributed by atoms with Gasteiger partial charge in [-0.1, -0.05) is 12.1 Å². The maximum absolute atomic E-state index is 12.3. The Kier molecular flexibility index (Phi) is 4.39. The smallest absolute Gasteiger partial charge is 0.320 e. The van der Waals surface area contributed by atoms with Gasteiger partial charge in [-0.25, -0.2) is 0 Å². The third kappa shape index (κ3) is 3.10. The summed E-state index contributed by atoms with van der Waals surface area (Å²) in [6.07, 6.45) is 4.74. The molecule has 2 aliphatic heterocycles. The van der Waals surface area contributed by atoms with E-state index >= 15 is 0 Å². The summed E-state index contributed by atoms with van der Waals surface area (Å²) in [6, 6.07) is 1.19. The normalized spacial score (nSPS) is 24.2. The van der Waals surface area contributed by atoms with E-state index in [4.69, 9.17) is 4.52 Å². The zero-order valence-corrected chi connectivity index (χ0v) is 13.4. The molecule has 1 N–H and O–H groups in total. The van der Waals surface area contributed by atoms with E-state index in [1.807, 2.05) is 0 Å². The lowest BCUT2D eigenvalue weighted by Crippen LogP contribution is -2.44. The van der Waals surface area contributed by atoms with Crippen LogP contribution in [0.1, 0.15) is 43.1 Å². The molecule has 7 nitrogen and oxygen atoms in total. The van der Waals surface area contributed by atoms with Gasteiger partial charge in [0.15, 0.2) is 5.69 Å². The molecular formula is C16H23N3O4. The molecular weight excluding hydrogens is 298 g/mol. The molecule has 2 saturated heterocycles. The summed E-state index contributed by atoms with van der Waals surface area (Å²) in [5.41, 5.74) is 0.363. The SMILES string of the molecule is CCCN1CC2(CCN(C(=O)c3ccon3)CC2)C[C@H]1C(=O)O. The van der Waals surface area contributed by atoms with Crippen LogP contribution in [0, 0.1) is 5.41 Å². The number of aromatic nitrogens is 1. The van der Waals surface area contributed by atoms with E-state index in [9.17, 15) is 14.7 Å². The van der Waals surface area contributed by atoms with Gasteiger partial charge in [0.1, 0.15) is 12.3 Å². The van der Waals surface area contributed by atoms with Crippen molar-refractivity contribution in [1.29, 1.82) is 0 Å². The minimum Gasteiger partial charge on any atom is -0.480 e. The van der Waals surface area contributed by atoms with E-state index < -0.39 is 5.97 Å². The number of carbonyl (C=O) groups is 2. The molecule has 0 bridgehead atoms. The van der Waals surface area contributed by atoms with Crippen LogP contribution in [0.3, 0.4) is 0 Å². The van der Waals surface area contributed by atoms with Crippen molar-refractivity contribution < 1.29 is 19.2 Å². The molecule has 1 atom stereocenters. The maximum atomic E-state index is 12.3. The van der Waals surface area contributed by atoms with Gasteiger partial charge < -0.3 is 14.5 Å². The molecule has 0 saturated carbocycles. The molecule has 1 aromatic rings. The summed E-state index contributed by atoms with van der Waals surface area (Å²) in [5.74, 6) is -0.830. The van der Waals surface area contributed by atoms with Gasteiger partial charge in [0.05, 0.1) is 0 Å². The third-order valence-electron chi connectivity index (χ3n) is 5.17. The number of hydrogen-bond donors (Lipinski definition) is 1. The maximum Gasteiger partial charge on any atom is 0.320 e. The fourth-order valence-corrected chi connectivity index (χ4v) is 3.94. The average molecular weight is 321 g/mol. The number of hydrogen-bond acceptors (Lipinski definition) is 5. The average Bonchev–Trinajstić information content (AvgIpc) is 3.17. The molecule has 2 fully saturated rings. The lowest BCUT2D eigenvalue weighted by Gasteiger charge is -2.39. The zero-order valence-electron chi connectivity index (χ0n) is 13.4. The lowest BCUT2D eigenvalue weighted by atomic mass is 9.76. The molecule has 7 heteroatoms. The Balaban J connectivity index is 1.64. The Labute approximate surface area is 135 Å². The van der Waals surface area contributed by atoms with Gasteiger partial charge in [0.2, 0.25) is 0 Å². The van der Waals surface area contributed by atoms with Gasteiger partial charge in [-0.05, 0) is 37.6 Å². The second-order valence-corrected chi connectivity index (χ2v) is 6.71. The van der Waals surface area contributed by atoms with Crippen molar-refractivity contribution in [3.63, 3.8) is 0 Å². The van der Waals surface area contributed by atoms with Crippen molar-refractivity contribution in [1.82, 2.24) is 15.0 Å². The van der Waals surface area contributed by atoms with Gasteiger partial charge in [0.25, 0.3) is 5.91 Å². The largest absolute Gasteiger partial charge is 0.480 e. The number of aliphatic carboxylic acids is 1. The number of carboxylic acids is 1. The summed E-state index contributed by atoms with van der Waals surface area (Å²) in [7, 11) is 0. The van der Waals surface area contributed by atoms with Crippen molar-refractivity contribution in [2.24, 2.45) is 5.41 Å². The number of amides is 1. The highest BCUT2D eigenvalue weighted by molar-refractivity contribution is 5.92. The Morgan fingerprint density at radius 3 is 2.74 bits per heavy atom. The van der Waals surface area contributed by atoms with Crippen molar-refractivity contribution in [3.8, 4) is 0 Å². The molecule has 3 heterocycles. The van der Waals surface area contributed by atoms with E-state index in [2.05, 4.69) is 17.0 Å². The van der Waals surface area contributed by atoms with Crippen LogP contribution in [-0.2, 0) is 4.79 Å². The first-order valence-corrected chi connectivity index (χ1v) is 8.21. The van der Waals surface area contributed by atoms with E-state index in [0.29, 0.717) is 25.2 Å². The van der Waals surface area contributed by atoms with Crippen molar-refractivity contribution >= 4 is 11.9 Å². The Bertz CT molecular complexity index is 564. The minimum absolute atomic E-state index is 0.0266. The van der Waals surface area contributed by atoms with Gasteiger partial charge in [-0.2, -0.15) is 0 Å². The molecule has 23 heavy (non-hydrogen) atoms. The predicted molar refractivity (Wildman–Crippen MR) is 82.0 cm³/mol. The van der Waals surface area contributed by atoms with Crippen molar-refractivity contribution in [2.45, 2.75) is 38.6 Å². The van der Waals surface area contributed by atoms with Crippen LogP contribution in [0.4, 0.5) is 0 Å². The summed E-state index contributed by atoms with van der Waals surface area (Å²) in [5, 5.41) is 13.2. The quantitative estimate of drug-likeness (QED) is 0.903. The van der Waals surface area contributed by atoms with Crippen LogP contribution in [0.2, 0.25) is 0 Å². The van der Waals surface area contributed by atoms with Crippen LogP contribution in [0.5, 0.6) is 0 Å². The number of rotatable bonds is 4. The second-order valence-electron chi connectivity index (χ2n) is 6.71. The van der Waals surface area contributed by atoms with Crippen LogP contribution in [-0.4, -0.2) is 64.2 Å². The summed E-state index contributed by atoms with van der Waals surface area (Å²) < 4.78 is 4.73. The Morgan fingerprint density at radius 1 is 1.43 bits per heavy atom. The third-order valence-corrected chi connectivity index (χ3v) is 5.17. The number of carboxylic acid groups (broad SMARTS) is 1. The van der Waals surface area contributed by atoms with E-state index in [1.165, 1.54) is 6.26 Å². The van der Waals surface area contributed by atoms with Crippen LogP contribution < -0.4 is 0 Å². The molecule has 1 spiro atoms. The fraction of sp³-hybridized carbons (Fsp3) is 0.688. The first kappa shape index (κ1) is 16.0. The molecule has 126 valence electrons. The monoisotopic (exact) mass is 321 g/mol. The van der Waals surface area contributed by atoms with Gasteiger partial charge in [-0.15, -0.1) is 0 Å². The standard InChI is InChI=1S/C16H23N3O4/c1-2-6-19-11-16(10-13(19)15(21)22)4-7-18(8-5-16)14(20)12-3-9-23-17-12/h3,9,13H,2,4-8,10-11H2,1H3,(H,21,22)/t13-/m0/s1. The predicted octanol–water partition coefficient (Wildman–Crippen LogP) is 1.47. The molecule has 3 rings (SSSR count). The highest BCUT2D eigenvalue weighted by atomic mass is 16.5. The number of nitrogens with zero attached hydrogens (tertiary/aromatic N) is 3. The van der Waals surface area contributed by atoms with Crippen molar-refractivity contribution in [2.75, 3.05) is 26.2 Å². The van der Waals surface area contributed by atoms with E-state index in [0.717, 1.165) is 32.4 Å². The Morgan fingerprint density at radius 2 is 2.17 bits per heavy atom. The van der Waals surface area contributed by atoms with E-state index in [-0.39, 0.29) is 17.4 Å². The molecule has 0 aliphatic carbocycles. The summed E-state index contributed by atoms with van der Waals surface area (Å²) in [6.45, 7) is 5.02. The molecule has 2 aliphatic rings. The van der Waals surface area contributed by atoms with Gasteiger partial charge in [0, 0.05) is 25.7 Å². The van der Waals surface area contributed by atoms with E-state index in [1.54, 1.807) is 11.0 Å². The second kappa shape index (κ2) is 6.31. The van der Waals surface area contributed by atoms with Gasteiger partial charge >= 0.3 is 5.97 Å². The summed E-state index contributed by atoms with van der Waals surface area (Å²) in [4.78, 5) is 27.7. The number of piperidine rings is 1. The minimum atomic E-state index is -0.726. The number of carbonyl (C=O) groups excluding carboxylic acids is 1. The van der Waals surface area contributed by atoms with Gasteiger partial charge in [-0.3, -0.25) is 14.5 Å². The zero-order chi connectivity index (χ0) is 16.4. The fourth-order valence-electron chi connectivity index (χ4n) is 3.94. The molecule has 0 radical (unpaired) electrons. The van der Waals surface area contributed by atoms with Crippen molar-refractivity contribution in [3.05, 3.63) is 18.0 Å².